The molecule has 0 N–H and O–H groups in total. The quantitative estimate of drug-likeness (QED) is 0.0669. The highest BCUT2D eigenvalue weighted by atomic mass is 35.7. The van der Waals surface area contributed by atoms with Crippen LogP contribution in [0.15, 0.2) is 110 Å². The number of urea groups is 1. The molecule has 13 nitrogen and oxygen atoms in total. The Morgan fingerprint density at radius 1 is 0.783 bits per heavy atom. The molecule has 1 fully saturated rings. The molecule has 310 valence electrons. The van der Waals surface area contributed by atoms with Crippen molar-refractivity contribution in [3.05, 3.63) is 120 Å². The smallest absolute Gasteiger partial charge is 0.357 e. The van der Waals surface area contributed by atoms with Crippen molar-refractivity contribution in [3.63, 3.8) is 0 Å². The fraction of sp³-hybridized carbons (Fsp3) is 0.214. The summed E-state index contributed by atoms with van der Waals surface area (Å²) in [4.78, 5) is 32.0. The van der Waals surface area contributed by atoms with Gasteiger partial charge >= 0.3 is 6.03 Å². The van der Waals surface area contributed by atoms with Crippen molar-refractivity contribution >= 4 is 88.8 Å². The van der Waals surface area contributed by atoms with Gasteiger partial charge in [-0.25, -0.2) is 17.6 Å². The van der Waals surface area contributed by atoms with Gasteiger partial charge in [-0.05, 0) is 101 Å². The first-order valence-electron chi connectivity index (χ1n) is 18.0. The lowest BCUT2D eigenvalue weighted by molar-refractivity contribution is -0.127. The molecule has 7 aromatic rings. The van der Waals surface area contributed by atoms with Crippen LogP contribution in [0.1, 0.15) is 49.2 Å². The van der Waals surface area contributed by atoms with Crippen molar-refractivity contribution in [2.45, 2.75) is 69.5 Å². The van der Waals surface area contributed by atoms with Gasteiger partial charge in [0.25, 0.3) is 15.0 Å². The zero-order valence-electron chi connectivity index (χ0n) is 33.4. The zero-order valence-corrected chi connectivity index (χ0v) is 37.3. The second-order valence-corrected chi connectivity index (χ2v) is 17.9. The number of nitrogens with zero attached hydrogens (tertiary/aromatic N) is 7. The molecule has 0 aliphatic carbocycles. The fourth-order valence-electron chi connectivity index (χ4n) is 6.16. The van der Waals surface area contributed by atoms with Gasteiger partial charge < -0.3 is 9.05 Å². The molecule has 0 spiro atoms. The van der Waals surface area contributed by atoms with E-state index in [0.717, 1.165) is 43.8 Å². The maximum Gasteiger partial charge on any atom is 0.357 e. The van der Waals surface area contributed by atoms with Crippen LogP contribution in [0.5, 0.6) is 0 Å². The standard InChI is InChI=1S/C21H18N2OS.C14H11ClN2O3S.C5H6Cl2N2O2.C2H3N/c1-14-21(15(2)24-23-14)17-11-19-18(9-6-10-22-19)20(12-17)25-13-16-7-4-3-5-8-16;1-8-14(9(2)20-17-8)10-6-12-11(4-3-5-16-12)13(7-10)21(15,18)19;1-5(2)3(10)8(6)4(11)9(5)7;1-2-3/h3-12H,13H2,1-2H3;3-7H,1-2H3;1-2H3;1H3. The number of imide groups is 1. The van der Waals surface area contributed by atoms with Crippen molar-refractivity contribution in [1.29, 1.82) is 5.26 Å². The van der Waals surface area contributed by atoms with E-state index >= 15 is 0 Å². The van der Waals surface area contributed by atoms with E-state index < -0.39 is 26.5 Å². The van der Waals surface area contributed by atoms with Gasteiger partial charge in [-0.2, -0.15) is 9.68 Å². The monoisotopic (exact) mass is 905 g/mol. The van der Waals surface area contributed by atoms with Crippen LogP contribution in [0.4, 0.5) is 4.79 Å². The minimum absolute atomic E-state index is 0.0322. The number of hydrogen-bond acceptors (Lipinski definition) is 12. The molecule has 4 aromatic heterocycles. The van der Waals surface area contributed by atoms with Gasteiger partial charge in [0.2, 0.25) is 0 Å². The maximum atomic E-state index is 11.8. The molecule has 1 saturated heterocycles. The minimum Gasteiger partial charge on any atom is -0.361 e. The molecule has 3 amide bonds. The highest BCUT2D eigenvalue weighted by Crippen LogP contribution is 2.37. The number of rotatable bonds is 6. The van der Waals surface area contributed by atoms with Gasteiger partial charge in [-0.1, -0.05) is 46.7 Å². The lowest BCUT2D eigenvalue weighted by Crippen LogP contribution is -2.38. The fourth-order valence-corrected chi connectivity index (χ4v) is 8.77. The number of amides is 3. The molecule has 60 heavy (non-hydrogen) atoms. The van der Waals surface area contributed by atoms with Crippen molar-refractivity contribution in [2.75, 3.05) is 0 Å². The van der Waals surface area contributed by atoms with Gasteiger partial charge in [0.15, 0.2) is 0 Å². The molecule has 18 heteroatoms. The second-order valence-electron chi connectivity index (χ2n) is 13.6. The van der Waals surface area contributed by atoms with E-state index in [1.807, 2.05) is 43.9 Å². The molecule has 1 aliphatic heterocycles. The predicted octanol–water partition coefficient (Wildman–Crippen LogP) is 11.1. The Balaban J connectivity index is 0.000000176. The topological polar surface area (TPSA) is 176 Å². The third kappa shape index (κ3) is 10.1. The lowest BCUT2D eigenvalue weighted by atomic mass is 10.0. The zero-order chi connectivity index (χ0) is 43.9. The normalized spacial score (nSPS) is 13.2. The first-order chi connectivity index (χ1) is 28.4. The first-order valence-corrected chi connectivity index (χ1v) is 21.9. The van der Waals surface area contributed by atoms with E-state index in [2.05, 4.69) is 62.7 Å². The summed E-state index contributed by atoms with van der Waals surface area (Å²) in [5.74, 6) is 1.86. The molecular weight excluding hydrogens is 869 g/mol. The second kappa shape index (κ2) is 19.3. The Morgan fingerprint density at radius 2 is 1.28 bits per heavy atom. The molecule has 3 aromatic carbocycles. The van der Waals surface area contributed by atoms with Crippen LogP contribution in [-0.2, 0) is 19.6 Å². The van der Waals surface area contributed by atoms with E-state index in [4.69, 9.17) is 48.5 Å². The number of aryl methyl sites for hydroxylation is 4. The summed E-state index contributed by atoms with van der Waals surface area (Å²) in [6, 6.07) is 26.7. The number of aromatic nitrogens is 4. The molecule has 0 atom stereocenters. The largest absolute Gasteiger partial charge is 0.361 e. The molecule has 0 unspecified atom stereocenters. The SMILES string of the molecule is CC#N.CC1(C)C(=O)N(Cl)C(=O)N1Cl.Cc1noc(C)c1-c1cc(S(=O)(=O)Cl)c2cccnc2c1.Cc1noc(C)c1-c1cc(SCc2ccccc2)c2cccnc2c1. The van der Waals surface area contributed by atoms with Crippen LogP contribution < -0.4 is 0 Å². The highest BCUT2D eigenvalue weighted by Gasteiger charge is 2.51. The van der Waals surface area contributed by atoms with E-state index in [1.165, 1.54) is 42.7 Å². The Bertz CT molecular complexity index is 2810. The number of carbonyl (C=O) groups is 2. The van der Waals surface area contributed by atoms with Gasteiger partial charge in [0.05, 0.1) is 33.4 Å². The van der Waals surface area contributed by atoms with Crippen molar-refractivity contribution in [3.8, 4) is 28.3 Å². The third-order valence-electron chi connectivity index (χ3n) is 9.04. The predicted molar refractivity (Wildman–Crippen MR) is 234 cm³/mol. The third-order valence-corrected chi connectivity index (χ3v) is 12.4. The molecule has 0 bridgehead atoms. The summed E-state index contributed by atoms with van der Waals surface area (Å²) in [7, 11) is 1.67. The van der Waals surface area contributed by atoms with Crippen LogP contribution in [0.25, 0.3) is 44.1 Å². The highest BCUT2D eigenvalue weighted by molar-refractivity contribution is 8.14. The maximum absolute atomic E-state index is 11.8. The van der Waals surface area contributed by atoms with E-state index in [0.29, 0.717) is 32.3 Å². The van der Waals surface area contributed by atoms with Crippen molar-refractivity contribution in [2.24, 2.45) is 0 Å². The minimum atomic E-state index is -3.89. The Morgan fingerprint density at radius 3 is 1.72 bits per heavy atom. The summed E-state index contributed by atoms with van der Waals surface area (Å²) >= 11 is 12.6. The Labute approximate surface area is 365 Å². The van der Waals surface area contributed by atoms with Crippen molar-refractivity contribution in [1.82, 2.24) is 29.1 Å². The lowest BCUT2D eigenvalue weighted by Gasteiger charge is -2.18. The Hall–Kier alpha value is -5.50. The number of pyridine rings is 2. The summed E-state index contributed by atoms with van der Waals surface area (Å²) < 4.78 is 35.4. The van der Waals surface area contributed by atoms with Gasteiger partial charge in [-0.3, -0.25) is 14.8 Å². The number of nitriles is 1. The summed E-state index contributed by atoms with van der Waals surface area (Å²) in [5.41, 5.74) is 7.00. The molecule has 1 aliphatic rings. The van der Waals surface area contributed by atoms with Gasteiger partial charge in [-0.15, -0.1) is 11.8 Å². The summed E-state index contributed by atoms with van der Waals surface area (Å²) in [6.45, 7) is 12.0. The van der Waals surface area contributed by atoms with Crippen molar-refractivity contribution < 1.29 is 27.1 Å². The number of carbonyl (C=O) groups excluding carboxylic acids is 2. The molecule has 0 saturated carbocycles. The van der Waals surface area contributed by atoms with E-state index in [9.17, 15) is 18.0 Å². The molecular formula is C42H38Cl3N7O6S2. The Kier molecular flexibility index (Phi) is 14.6. The van der Waals surface area contributed by atoms with Crippen LogP contribution in [0.2, 0.25) is 0 Å². The number of halogens is 3. The van der Waals surface area contributed by atoms with Crippen LogP contribution >= 0.6 is 46.0 Å². The number of hydrogen-bond donors (Lipinski definition) is 0. The average molecular weight is 907 g/mol. The van der Waals surface area contributed by atoms with Gasteiger partial charge in [0.1, 0.15) is 17.1 Å². The molecule has 0 radical (unpaired) electrons. The molecule has 5 heterocycles. The van der Waals surface area contributed by atoms with Crippen LogP contribution in [0, 0.1) is 39.0 Å². The molecule has 8 rings (SSSR count). The van der Waals surface area contributed by atoms with Crippen LogP contribution in [-0.4, -0.2) is 55.0 Å². The van der Waals surface area contributed by atoms with Gasteiger partial charge in [0, 0.05) is 86.1 Å². The van der Waals surface area contributed by atoms with E-state index in [-0.39, 0.29) is 4.90 Å². The summed E-state index contributed by atoms with van der Waals surface area (Å²) in [5, 5.41) is 17.0. The van der Waals surface area contributed by atoms with E-state index in [1.54, 1.807) is 44.3 Å². The average Bonchev–Trinajstić information content (AvgIpc) is 3.79. The number of fused-ring (bicyclic) bond motifs is 2. The summed E-state index contributed by atoms with van der Waals surface area (Å²) in [6.07, 6.45) is 3.44. The first kappa shape index (κ1) is 45.6. The number of thioether (sulfide) groups is 1. The van der Waals surface area contributed by atoms with Crippen LogP contribution in [0.3, 0.4) is 0 Å². The number of benzene rings is 3.